The van der Waals surface area contributed by atoms with Crippen LogP contribution in [0.5, 0.6) is 5.75 Å². The van der Waals surface area contributed by atoms with E-state index in [4.69, 9.17) is 15.1 Å². The van der Waals surface area contributed by atoms with Gasteiger partial charge < -0.3 is 9.84 Å². The van der Waals surface area contributed by atoms with Gasteiger partial charge in [0.1, 0.15) is 5.75 Å². The second-order valence-electron chi connectivity index (χ2n) is 2.03. The highest BCUT2D eigenvalue weighted by Crippen LogP contribution is 2.25. The summed E-state index contributed by atoms with van der Waals surface area (Å²) >= 11 is 3.20. The summed E-state index contributed by atoms with van der Waals surface area (Å²) in [7, 11) is 0. The number of nitriles is 1. The number of ether oxygens (including phenoxy) is 1. The van der Waals surface area contributed by atoms with E-state index in [1.165, 1.54) is 0 Å². The fourth-order valence-electron chi connectivity index (χ4n) is 0.757. The maximum atomic E-state index is 8.52. The van der Waals surface area contributed by atoms with E-state index in [-0.39, 0.29) is 6.79 Å². The highest BCUT2D eigenvalue weighted by Gasteiger charge is 2.00. The minimum atomic E-state index is -0.371. The number of aliphatic hydroxyl groups is 1. The quantitative estimate of drug-likeness (QED) is 0.783. The average Bonchev–Trinajstić information content (AvgIpc) is 2.09. The third-order valence-electron chi connectivity index (χ3n) is 1.28. The second-order valence-corrected chi connectivity index (χ2v) is 2.88. The summed E-state index contributed by atoms with van der Waals surface area (Å²) in [6.45, 7) is -0.371. The maximum absolute atomic E-state index is 8.52. The summed E-state index contributed by atoms with van der Waals surface area (Å²) in [6, 6.07) is 6.86. The van der Waals surface area contributed by atoms with Gasteiger partial charge in [0.2, 0.25) is 0 Å². The van der Waals surface area contributed by atoms with Gasteiger partial charge in [-0.25, -0.2) is 0 Å². The van der Waals surface area contributed by atoms with Gasteiger partial charge in [0, 0.05) is 0 Å². The first kappa shape index (κ1) is 9.04. The smallest absolute Gasteiger partial charge is 0.186 e. The number of nitrogens with zero attached hydrogens (tertiary/aromatic N) is 1. The van der Waals surface area contributed by atoms with Crippen LogP contribution in [0, 0.1) is 11.3 Å². The van der Waals surface area contributed by atoms with Crippen LogP contribution in [-0.4, -0.2) is 11.9 Å². The van der Waals surface area contributed by atoms with Gasteiger partial charge in [-0.05, 0) is 34.1 Å². The Morgan fingerprint density at radius 3 is 2.83 bits per heavy atom. The minimum absolute atomic E-state index is 0.371. The Morgan fingerprint density at radius 2 is 2.33 bits per heavy atom. The standard InChI is InChI=1S/C8H6BrNO2/c9-7-3-6(4-10)1-2-8(7)12-5-11/h1-3,11H,5H2. The molecular weight excluding hydrogens is 222 g/mol. The van der Waals surface area contributed by atoms with E-state index in [9.17, 15) is 0 Å². The van der Waals surface area contributed by atoms with E-state index in [0.29, 0.717) is 15.8 Å². The Morgan fingerprint density at radius 1 is 1.58 bits per heavy atom. The number of aliphatic hydroxyl groups excluding tert-OH is 1. The molecule has 1 aromatic rings. The van der Waals surface area contributed by atoms with E-state index in [1.807, 2.05) is 6.07 Å². The van der Waals surface area contributed by atoms with Crippen LogP contribution in [0.25, 0.3) is 0 Å². The van der Waals surface area contributed by atoms with Gasteiger partial charge in [0.25, 0.3) is 0 Å². The summed E-state index contributed by atoms with van der Waals surface area (Å²) in [5.41, 5.74) is 0.548. The van der Waals surface area contributed by atoms with Crippen molar-refractivity contribution in [2.24, 2.45) is 0 Å². The number of benzene rings is 1. The summed E-state index contributed by atoms with van der Waals surface area (Å²) in [5, 5.41) is 17.0. The normalized spacial score (nSPS) is 9.08. The summed E-state index contributed by atoms with van der Waals surface area (Å²) in [4.78, 5) is 0. The molecule has 12 heavy (non-hydrogen) atoms. The van der Waals surface area contributed by atoms with Gasteiger partial charge in [0.15, 0.2) is 6.79 Å². The topological polar surface area (TPSA) is 53.2 Å². The van der Waals surface area contributed by atoms with Gasteiger partial charge >= 0.3 is 0 Å². The molecule has 0 saturated carbocycles. The Balaban J connectivity index is 2.97. The van der Waals surface area contributed by atoms with E-state index in [0.717, 1.165) is 0 Å². The zero-order valence-electron chi connectivity index (χ0n) is 6.12. The van der Waals surface area contributed by atoms with Crippen molar-refractivity contribution in [1.29, 1.82) is 5.26 Å². The van der Waals surface area contributed by atoms with Crippen molar-refractivity contribution in [3.8, 4) is 11.8 Å². The first-order valence-corrected chi connectivity index (χ1v) is 4.00. The Kier molecular flexibility index (Phi) is 3.09. The third-order valence-corrected chi connectivity index (χ3v) is 1.90. The van der Waals surface area contributed by atoms with Crippen LogP contribution in [0.1, 0.15) is 5.56 Å². The molecule has 4 heteroatoms. The molecule has 0 amide bonds. The van der Waals surface area contributed by atoms with Crippen molar-refractivity contribution in [3.05, 3.63) is 28.2 Å². The van der Waals surface area contributed by atoms with E-state index >= 15 is 0 Å². The fraction of sp³-hybridized carbons (Fsp3) is 0.125. The van der Waals surface area contributed by atoms with Crippen LogP contribution >= 0.6 is 15.9 Å². The number of hydrogen-bond acceptors (Lipinski definition) is 3. The van der Waals surface area contributed by atoms with Crippen molar-refractivity contribution < 1.29 is 9.84 Å². The molecule has 0 aliphatic rings. The summed E-state index contributed by atoms with van der Waals surface area (Å²) in [5.74, 6) is 0.525. The molecule has 0 aromatic heterocycles. The van der Waals surface area contributed by atoms with Crippen molar-refractivity contribution in [1.82, 2.24) is 0 Å². The number of rotatable bonds is 2. The summed E-state index contributed by atoms with van der Waals surface area (Å²) < 4.78 is 5.50. The lowest BCUT2D eigenvalue weighted by molar-refractivity contribution is 0.0978. The lowest BCUT2D eigenvalue weighted by Gasteiger charge is -2.03. The molecule has 0 unspecified atom stereocenters. The van der Waals surface area contributed by atoms with Crippen molar-refractivity contribution in [2.45, 2.75) is 0 Å². The molecule has 0 bridgehead atoms. The fourth-order valence-corrected chi connectivity index (χ4v) is 1.25. The number of halogens is 1. The van der Waals surface area contributed by atoms with Crippen molar-refractivity contribution in [3.63, 3.8) is 0 Å². The molecule has 1 N–H and O–H groups in total. The summed E-state index contributed by atoms with van der Waals surface area (Å²) in [6.07, 6.45) is 0. The molecule has 62 valence electrons. The Bertz CT molecular complexity index is 319. The molecule has 0 saturated heterocycles. The SMILES string of the molecule is N#Cc1ccc(OCO)c(Br)c1. The molecule has 0 atom stereocenters. The first-order valence-electron chi connectivity index (χ1n) is 3.21. The lowest BCUT2D eigenvalue weighted by Crippen LogP contribution is -1.95. The van der Waals surface area contributed by atoms with Crippen LogP contribution in [0.3, 0.4) is 0 Å². The highest BCUT2D eigenvalue weighted by atomic mass is 79.9. The molecule has 1 rings (SSSR count). The monoisotopic (exact) mass is 227 g/mol. The van der Waals surface area contributed by atoms with Crippen LogP contribution in [0.2, 0.25) is 0 Å². The van der Waals surface area contributed by atoms with Crippen LogP contribution in [-0.2, 0) is 0 Å². The van der Waals surface area contributed by atoms with Gasteiger partial charge in [-0.15, -0.1) is 0 Å². The zero-order chi connectivity index (χ0) is 8.97. The van der Waals surface area contributed by atoms with Gasteiger partial charge in [-0.3, -0.25) is 0 Å². The van der Waals surface area contributed by atoms with E-state index in [1.54, 1.807) is 18.2 Å². The van der Waals surface area contributed by atoms with Gasteiger partial charge in [-0.1, -0.05) is 0 Å². The van der Waals surface area contributed by atoms with E-state index < -0.39 is 0 Å². The first-order chi connectivity index (χ1) is 5.77. The van der Waals surface area contributed by atoms with Gasteiger partial charge in [-0.2, -0.15) is 5.26 Å². The molecule has 1 aromatic carbocycles. The third kappa shape index (κ3) is 1.97. The molecule has 0 heterocycles. The van der Waals surface area contributed by atoms with Crippen LogP contribution in [0.4, 0.5) is 0 Å². The van der Waals surface area contributed by atoms with Crippen LogP contribution < -0.4 is 4.74 Å². The zero-order valence-corrected chi connectivity index (χ0v) is 7.71. The van der Waals surface area contributed by atoms with E-state index in [2.05, 4.69) is 15.9 Å². The molecule has 0 aliphatic carbocycles. The van der Waals surface area contributed by atoms with Gasteiger partial charge in [0.05, 0.1) is 16.1 Å². The molecule has 0 aliphatic heterocycles. The average molecular weight is 228 g/mol. The highest BCUT2D eigenvalue weighted by molar-refractivity contribution is 9.10. The lowest BCUT2D eigenvalue weighted by atomic mass is 10.2. The predicted octanol–water partition coefficient (Wildman–Crippen LogP) is 1.65. The molecule has 0 fully saturated rings. The number of hydrogen-bond donors (Lipinski definition) is 1. The Hall–Kier alpha value is -1.05. The van der Waals surface area contributed by atoms with Crippen molar-refractivity contribution in [2.75, 3.05) is 6.79 Å². The molecule has 3 nitrogen and oxygen atoms in total. The maximum Gasteiger partial charge on any atom is 0.186 e. The molecule has 0 radical (unpaired) electrons. The minimum Gasteiger partial charge on any atom is -0.467 e. The largest absolute Gasteiger partial charge is 0.467 e. The second kappa shape index (κ2) is 4.10. The molecular formula is C8H6BrNO2. The Labute approximate surface area is 78.3 Å². The van der Waals surface area contributed by atoms with Crippen LogP contribution in [0.15, 0.2) is 22.7 Å². The predicted molar refractivity (Wildman–Crippen MR) is 46.6 cm³/mol. The van der Waals surface area contributed by atoms with Crippen molar-refractivity contribution >= 4 is 15.9 Å². The molecule has 0 spiro atoms.